The molecular weight excluding hydrogens is 204 g/mol. The summed E-state index contributed by atoms with van der Waals surface area (Å²) in [7, 11) is 1.85. The van der Waals surface area contributed by atoms with Crippen LogP contribution in [0.2, 0.25) is 0 Å². The standard InChI is InChI=1S/C11H18N4O/c1-8-14-10(12-2)6-11(15-8)13-7-9-4-3-5-16-9/h6,9H,3-5,7H2,1-2H3,(H2,12,13,14,15)/t9-/m0/s1. The van der Waals surface area contributed by atoms with Gasteiger partial charge in [-0.15, -0.1) is 0 Å². The van der Waals surface area contributed by atoms with E-state index in [2.05, 4.69) is 20.6 Å². The van der Waals surface area contributed by atoms with Crippen LogP contribution in [-0.4, -0.2) is 36.3 Å². The van der Waals surface area contributed by atoms with Crippen molar-refractivity contribution in [1.29, 1.82) is 0 Å². The van der Waals surface area contributed by atoms with Crippen molar-refractivity contribution in [2.24, 2.45) is 0 Å². The van der Waals surface area contributed by atoms with Gasteiger partial charge in [0.1, 0.15) is 17.5 Å². The van der Waals surface area contributed by atoms with Gasteiger partial charge in [0.2, 0.25) is 0 Å². The number of aromatic nitrogens is 2. The Morgan fingerprint density at radius 1 is 1.44 bits per heavy atom. The van der Waals surface area contributed by atoms with Crippen molar-refractivity contribution in [1.82, 2.24) is 9.97 Å². The molecule has 1 aromatic heterocycles. The van der Waals surface area contributed by atoms with E-state index in [1.807, 2.05) is 20.0 Å². The van der Waals surface area contributed by atoms with Crippen molar-refractivity contribution in [2.75, 3.05) is 30.8 Å². The summed E-state index contributed by atoms with van der Waals surface area (Å²) < 4.78 is 5.54. The molecule has 1 aliphatic heterocycles. The van der Waals surface area contributed by atoms with Gasteiger partial charge < -0.3 is 15.4 Å². The first-order valence-electron chi connectivity index (χ1n) is 5.67. The van der Waals surface area contributed by atoms with E-state index in [1.165, 1.54) is 0 Å². The lowest BCUT2D eigenvalue weighted by Crippen LogP contribution is -2.19. The van der Waals surface area contributed by atoms with Crippen molar-refractivity contribution < 1.29 is 4.74 Å². The maximum Gasteiger partial charge on any atom is 0.131 e. The second kappa shape index (κ2) is 5.12. The van der Waals surface area contributed by atoms with Gasteiger partial charge in [-0.2, -0.15) is 0 Å². The highest BCUT2D eigenvalue weighted by atomic mass is 16.5. The molecule has 2 N–H and O–H groups in total. The lowest BCUT2D eigenvalue weighted by atomic mass is 10.2. The zero-order valence-corrected chi connectivity index (χ0v) is 9.79. The molecule has 1 saturated heterocycles. The van der Waals surface area contributed by atoms with Crippen molar-refractivity contribution in [2.45, 2.75) is 25.9 Å². The van der Waals surface area contributed by atoms with Crippen molar-refractivity contribution in [3.63, 3.8) is 0 Å². The molecule has 1 aliphatic rings. The quantitative estimate of drug-likeness (QED) is 0.806. The van der Waals surface area contributed by atoms with Crippen LogP contribution in [0.3, 0.4) is 0 Å². The van der Waals surface area contributed by atoms with Gasteiger partial charge in [-0.3, -0.25) is 0 Å². The topological polar surface area (TPSA) is 59.1 Å². The molecule has 88 valence electrons. The van der Waals surface area contributed by atoms with Gasteiger partial charge in [0.25, 0.3) is 0 Å². The average Bonchev–Trinajstić information content (AvgIpc) is 2.78. The number of ether oxygens (including phenoxy) is 1. The second-order valence-corrected chi connectivity index (χ2v) is 3.95. The van der Waals surface area contributed by atoms with E-state index in [-0.39, 0.29) is 0 Å². The Morgan fingerprint density at radius 2 is 2.25 bits per heavy atom. The molecule has 1 fully saturated rings. The summed E-state index contributed by atoms with van der Waals surface area (Å²) in [4.78, 5) is 8.56. The van der Waals surface area contributed by atoms with Crippen molar-refractivity contribution in [3.8, 4) is 0 Å². The van der Waals surface area contributed by atoms with Crippen LogP contribution in [-0.2, 0) is 4.74 Å². The van der Waals surface area contributed by atoms with Crippen LogP contribution in [0.4, 0.5) is 11.6 Å². The molecule has 1 aromatic rings. The SMILES string of the molecule is CNc1cc(NC[C@@H]2CCCO2)nc(C)n1. The number of aryl methyl sites for hydroxylation is 1. The largest absolute Gasteiger partial charge is 0.376 e. The summed E-state index contributed by atoms with van der Waals surface area (Å²) in [5.41, 5.74) is 0. The summed E-state index contributed by atoms with van der Waals surface area (Å²) >= 11 is 0. The molecule has 5 heteroatoms. The fourth-order valence-corrected chi connectivity index (χ4v) is 1.81. The predicted octanol–water partition coefficient (Wildman–Crippen LogP) is 1.42. The van der Waals surface area contributed by atoms with Gasteiger partial charge in [0, 0.05) is 26.3 Å². The number of nitrogens with one attached hydrogen (secondary N) is 2. The molecule has 2 rings (SSSR count). The van der Waals surface area contributed by atoms with Crippen molar-refractivity contribution >= 4 is 11.6 Å². The molecule has 5 nitrogen and oxygen atoms in total. The molecule has 0 amide bonds. The summed E-state index contributed by atoms with van der Waals surface area (Å²) in [6.45, 7) is 3.59. The molecule has 1 atom stereocenters. The van der Waals surface area contributed by atoms with E-state index in [4.69, 9.17) is 4.74 Å². The van der Waals surface area contributed by atoms with E-state index in [1.54, 1.807) is 0 Å². The van der Waals surface area contributed by atoms with Crippen LogP contribution in [0.15, 0.2) is 6.07 Å². The zero-order valence-electron chi connectivity index (χ0n) is 9.79. The van der Waals surface area contributed by atoms with Gasteiger partial charge in [-0.05, 0) is 19.8 Å². The van der Waals surface area contributed by atoms with Crippen LogP contribution in [0.5, 0.6) is 0 Å². The van der Waals surface area contributed by atoms with E-state index in [0.29, 0.717) is 6.10 Å². The Morgan fingerprint density at radius 3 is 2.94 bits per heavy atom. The van der Waals surface area contributed by atoms with Gasteiger partial charge in [-0.25, -0.2) is 9.97 Å². The maximum absolute atomic E-state index is 5.54. The highest BCUT2D eigenvalue weighted by molar-refractivity contribution is 5.47. The molecular formula is C11H18N4O. The van der Waals surface area contributed by atoms with Crippen LogP contribution in [0.1, 0.15) is 18.7 Å². The number of hydrogen-bond acceptors (Lipinski definition) is 5. The molecule has 0 spiro atoms. The molecule has 16 heavy (non-hydrogen) atoms. The molecule has 0 aliphatic carbocycles. The first kappa shape index (κ1) is 11.1. The Labute approximate surface area is 95.6 Å². The highest BCUT2D eigenvalue weighted by Gasteiger charge is 2.15. The summed E-state index contributed by atoms with van der Waals surface area (Å²) in [6.07, 6.45) is 2.63. The minimum atomic E-state index is 0.327. The van der Waals surface area contributed by atoms with Gasteiger partial charge in [0.05, 0.1) is 6.10 Å². The normalized spacial score (nSPS) is 19.8. The lowest BCUT2D eigenvalue weighted by Gasteiger charge is -2.12. The minimum Gasteiger partial charge on any atom is -0.376 e. The third-order valence-corrected chi connectivity index (χ3v) is 2.63. The van der Waals surface area contributed by atoms with Crippen LogP contribution in [0, 0.1) is 6.92 Å². The smallest absolute Gasteiger partial charge is 0.131 e. The Hall–Kier alpha value is -1.36. The van der Waals surface area contributed by atoms with Crippen LogP contribution < -0.4 is 10.6 Å². The maximum atomic E-state index is 5.54. The average molecular weight is 222 g/mol. The van der Waals surface area contributed by atoms with E-state index < -0.39 is 0 Å². The fourth-order valence-electron chi connectivity index (χ4n) is 1.81. The van der Waals surface area contributed by atoms with E-state index in [9.17, 15) is 0 Å². The first-order valence-corrected chi connectivity index (χ1v) is 5.67. The summed E-state index contributed by atoms with van der Waals surface area (Å²) in [5, 5.41) is 6.30. The highest BCUT2D eigenvalue weighted by Crippen LogP contribution is 2.14. The Kier molecular flexibility index (Phi) is 3.56. The van der Waals surface area contributed by atoms with Crippen molar-refractivity contribution in [3.05, 3.63) is 11.9 Å². The van der Waals surface area contributed by atoms with E-state index in [0.717, 1.165) is 43.5 Å². The number of anilines is 2. The Balaban J connectivity index is 1.94. The predicted molar refractivity (Wildman–Crippen MR) is 63.8 cm³/mol. The molecule has 0 saturated carbocycles. The van der Waals surface area contributed by atoms with Gasteiger partial charge in [0.15, 0.2) is 0 Å². The number of nitrogens with zero attached hydrogens (tertiary/aromatic N) is 2. The number of hydrogen-bond donors (Lipinski definition) is 2. The van der Waals surface area contributed by atoms with Gasteiger partial charge in [-0.1, -0.05) is 0 Å². The third kappa shape index (κ3) is 2.82. The van der Waals surface area contributed by atoms with E-state index >= 15 is 0 Å². The third-order valence-electron chi connectivity index (χ3n) is 2.63. The second-order valence-electron chi connectivity index (χ2n) is 3.95. The summed E-state index contributed by atoms with van der Waals surface area (Å²) in [5.74, 6) is 2.45. The molecule has 0 unspecified atom stereocenters. The molecule has 0 aromatic carbocycles. The monoisotopic (exact) mass is 222 g/mol. The number of rotatable bonds is 4. The molecule has 0 radical (unpaired) electrons. The summed E-state index contributed by atoms with van der Waals surface area (Å²) in [6, 6.07) is 1.90. The zero-order chi connectivity index (χ0) is 11.4. The Bertz CT molecular complexity index is 350. The lowest BCUT2D eigenvalue weighted by molar-refractivity contribution is 0.120. The minimum absolute atomic E-state index is 0.327. The van der Waals surface area contributed by atoms with Gasteiger partial charge >= 0.3 is 0 Å². The molecule has 2 heterocycles. The van der Waals surface area contributed by atoms with Crippen LogP contribution in [0.25, 0.3) is 0 Å². The molecule has 0 bridgehead atoms. The van der Waals surface area contributed by atoms with Crippen LogP contribution >= 0.6 is 0 Å². The first-order chi connectivity index (χ1) is 7.78. The fraction of sp³-hybridized carbons (Fsp3) is 0.636.